The van der Waals surface area contributed by atoms with E-state index < -0.39 is 28.1 Å². The van der Waals surface area contributed by atoms with Crippen LogP contribution in [0.25, 0.3) is 0 Å². The van der Waals surface area contributed by atoms with Gasteiger partial charge in [0.05, 0.1) is 54.8 Å². The van der Waals surface area contributed by atoms with Gasteiger partial charge in [-0.2, -0.15) is 0 Å². The molecule has 0 aromatic rings. The van der Waals surface area contributed by atoms with Crippen molar-refractivity contribution < 1.29 is 42.7 Å². The van der Waals surface area contributed by atoms with Crippen molar-refractivity contribution in [2.45, 2.75) is 103 Å². The van der Waals surface area contributed by atoms with Crippen LogP contribution in [0.15, 0.2) is 0 Å². The predicted molar refractivity (Wildman–Crippen MR) is 162 cm³/mol. The van der Waals surface area contributed by atoms with Gasteiger partial charge in [-0.05, 0) is 97.7 Å². The molecule has 4 aliphatic carbocycles. The maximum absolute atomic E-state index is 12.7. The van der Waals surface area contributed by atoms with Crippen LogP contribution >= 0.6 is 0 Å². The van der Waals surface area contributed by atoms with E-state index in [1.165, 1.54) is 0 Å². The van der Waals surface area contributed by atoms with Gasteiger partial charge in [0.25, 0.3) is 0 Å². The van der Waals surface area contributed by atoms with Gasteiger partial charge in [-0.25, -0.2) is 8.42 Å². The van der Waals surface area contributed by atoms with E-state index in [4.69, 9.17) is 0 Å². The normalized spacial score (nSPS) is 41.1. The number of quaternary nitrogens is 1. The molecule has 4 saturated carbocycles. The predicted octanol–water partition coefficient (Wildman–Crippen LogP) is 1.71. The first-order valence-corrected chi connectivity index (χ1v) is 18.2. The van der Waals surface area contributed by atoms with Crippen LogP contribution in [0.5, 0.6) is 0 Å². The average molecular weight is 631 g/mol. The highest BCUT2D eigenvalue weighted by Gasteiger charge is 2.63. The van der Waals surface area contributed by atoms with Gasteiger partial charge >= 0.3 is 0 Å². The maximum Gasteiger partial charge on any atom is 0.220 e. The third kappa shape index (κ3) is 7.95. The molecule has 43 heavy (non-hydrogen) atoms. The number of fused-ring (bicyclic) bond motifs is 5. The number of amides is 1. The third-order valence-electron chi connectivity index (χ3n) is 12.3. The van der Waals surface area contributed by atoms with Crippen molar-refractivity contribution in [1.29, 1.82) is 0 Å². The zero-order valence-electron chi connectivity index (χ0n) is 26.9. The van der Waals surface area contributed by atoms with Crippen LogP contribution in [0.3, 0.4) is 0 Å². The standard InChI is InChI=1S/C32H58N2O8S/c1-19(7-10-29(39)33-11-6-12-34(4,5)17-23(36)18-43(40,41)42)25-8-9-26-31-24(16-28(38)32(25,26)3)30-20(2)13-22(35)14-21(30)15-27(31)37/h19-28,30-31,35-38H,6-18H2,1-5H3,(H-,33,39,40,41,42)/t19?,20-,21?,22-,23?,24?,25-,26?,27-,28+,30?,31?,32-/m1/s1. The number of carbonyl (C=O) groups excluding carboxylic acids is 1. The lowest BCUT2D eigenvalue weighted by atomic mass is 9.46. The average Bonchev–Trinajstić information content (AvgIpc) is 3.21. The molecule has 250 valence electrons. The summed E-state index contributed by atoms with van der Waals surface area (Å²) in [6.07, 6.45) is 4.56. The number of likely N-dealkylation sites (N-methyl/N-ethyl adjacent to an activating group) is 1. The number of aliphatic hydroxyl groups is 4. The first-order chi connectivity index (χ1) is 19.9. The van der Waals surface area contributed by atoms with Crippen molar-refractivity contribution in [2.24, 2.45) is 52.8 Å². The molecule has 10 nitrogen and oxygen atoms in total. The molecular formula is C32H58N2O8S. The first-order valence-electron chi connectivity index (χ1n) is 16.7. The highest BCUT2D eigenvalue weighted by molar-refractivity contribution is 7.85. The van der Waals surface area contributed by atoms with E-state index in [9.17, 15) is 38.2 Å². The van der Waals surface area contributed by atoms with E-state index in [2.05, 4.69) is 26.1 Å². The summed E-state index contributed by atoms with van der Waals surface area (Å²) in [5.41, 5.74) is -0.276. The van der Waals surface area contributed by atoms with E-state index in [0.29, 0.717) is 60.0 Å². The number of rotatable bonds is 12. The Bertz CT molecular complexity index is 1070. The Morgan fingerprint density at radius 2 is 1.79 bits per heavy atom. The van der Waals surface area contributed by atoms with Gasteiger partial charge in [-0.3, -0.25) is 4.79 Å². The molecule has 0 aromatic carbocycles. The number of aliphatic hydroxyl groups excluding tert-OH is 4. The Hall–Kier alpha value is -0.820. The third-order valence-corrected chi connectivity index (χ3v) is 13.1. The molecule has 11 heteroatoms. The minimum atomic E-state index is -4.48. The molecule has 5 N–H and O–H groups in total. The summed E-state index contributed by atoms with van der Waals surface area (Å²) >= 11 is 0. The molecule has 13 atom stereocenters. The molecule has 0 aromatic heterocycles. The maximum atomic E-state index is 12.7. The van der Waals surface area contributed by atoms with Crippen LogP contribution in [-0.2, 0) is 14.9 Å². The molecule has 0 bridgehead atoms. The molecule has 4 rings (SSSR count). The molecule has 0 heterocycles. The van der Waals surface area contributed by atoms with Gasteiger partial charge < -0.3 is 34.8 Å². The van der Waals surface area contributed by atoms with E-state index >= 15 is 0 Å². The first kappa shape index (κ1) is 35.0. The van der Waals surface area contributed by atoms with Crippen LogP contribution in [0.4, 0.5) is 0 Å². The van der Waals surface area contributed by atoms with Crippen molar-refractivity contribution in [3.63, 3.8) is 0 Å². The molecule has 0 spiro atoms. The fraction of sp³-hybridized carbons (Fsp3) is 0.969. The van der Waals surface area contributed by atoms with Crippen LogP contribution < -0.4 is 5.32 Å². The summed E-state index contributed by atoms with van der Waals surface area (Å²) in [7, 11) is -0.774. The minimum Gasteiger partial charge on any atom is -0.748 e. The topological polar surface area (TPSA) is 167 Å². The molecule has 4 fully saturated rings. The molecule has 1 amide bonds. The van der Waals surface area contributed by atoms with Gasteiger partial charge in [-0.15, -0.1) is 0 Å². The van der Waals surface area contributed by atoms with E-state index in [0.717, 1.165) is 44.9 Å². The van der Waals surface area contributed by atoms with Gasteiger partial charge in [0.1, 0.15) is 12.6 Å². The smallest absolute Gasteiger partial charge is 0.220 e. The Labute approximate surface area is 259 Å². The lowest BCUT2D eigenvalue weighted by molar-refractivity contribution is -0.893. The molecule has 0 aliphatic heterocycles. The molecule has 0 radical (unpaired) electrons. The number of carbonyl (C=O) groups is 1. The van der Waals surface area contributed by atoms with Crippen molar-refractivity contribution in [2.75, 3.05) is 39.5 Å². The summed E-state index contributed by atoms with van der Waals surface area (Å²) in [5.74, 6) is 1.70. The van der Waals surface area contributed by atoms with Crippen LogP contribution in [0.1, 0.15) is 78.6 Å². The molecule has 0 saturated heterocycles. The summed E-state index contributed by atoms with van der Waals surface area (Å²) in [5, 5.41) is 46.5. The van der Waals surface area contributed by atoms with E-state index in [-0.39, 0.29) is 47.8 Å². The number of hydrogen-bond acceptors (Lipinski definition) is 8. The lowest BCUT2D eigenvalue weighted by Gasteiger charge is -2.60. The second-order valence-electron chi connectivity index (χ2n) is 15.8. The number of hydrogen-bond donors (Lipinski definition) is 5. The fourth-order valence-corrected chi connectivity index (χ4v) is 11.2. The van der Waals surface area contributed by atoms with Crippen molar-refractivity contribution in [3.8, 4) is 0 Å². The molecular weight excluding hydrogens is 572 g/mol. The number of nitrogens with one attached hydrogen (secondary N) is 1. The van der Waals surface area contributed by atoms with Crippen molar-refractivity contribution in [3.05, 3.63) is 0 Å². The minimum absolute atomic E-state index is 0.0131. The number of nitrogens with zero attached hydrogens (tertiary/aromatic N) is 1. The Balaban J connectivity index is 1.26. The van der Waals surface area contributed by atoms with Gasteiger partial charge in [0.15, 0.2) is 0 Å². The highest BCUT2D eigenvalue weighted by Crippen LogP contribution is 2.66. The van der Waals surface area contributed by atoms with Gasteiger partial charge in [0.2, 0.25) is 5.91 Å². The Morgan fingerprint density at radius 1 is 1.09 bits per heavy atom. The van der Waals surface area contributed by atoms with Crippen molar-refractivity contribution >= 4 is 16.0 Å². The van der Waals surface area contributed by atoms with Crippen LogP contribution in [0.2, 0.25) is 0 Å². The largest absolute Gasteiger partial charge is 0.748 e. The summed E-state index contributed by atoms with van der Waals surface area (Å²) in [6, 6.07) is 0. The molecule has 4 aliphatic rings. The summed E-state index contributed by atoms with van der Waals surface area (Å²) in [6.45, 7) is 7.92. The second-order valence-corrected chi connectivity index (χ2v) is 17.3. The monoisotopic (exact) mass is 630 g/mol. The van der Waals surface area contributed by atoms with Crippen molar-refractivity contribution in [1.82, 2.24) is 5.32 Å². The zero-order chi connectivity index (χ0) is 31.9. The highest BCUT2D eigenvalue weighted by atomic mass is 32.2. The SMILES string of the molecule is CC(CCC(=O)NCCC[N+](C)(C)CC(O)CS(=O)(=O)[O-])[C@H]1CCC2C3C(C[C@H](O)[C@@]21C)C1C(C[C@H](O)C[C@H]1C)C[C@H]3O. The Kier molecular flexibility index (Phi) is 11.0. The second kappa shape index (κ2) is 13.5. The van der Waals surface area contributed by atoms with E-state index in [1.54, 1.807) is 0 Å². The van der Waals surface area contributed by atoms with Crippen LogP contribution in [-0.4, -0.2) is 108 Å². The van der Waals surface area contributed by atoms with Gasteiger partial charge in [0, 0.05) is 19.4 Å². The van der Waals surface area contributed by atoms with Crippen LogP contribution in [0, 0.1) is 52.8 Å². The lowest BCUT2D eigenvalue weighted by Crippen LogP contribution is -2.60. The Morgan fingerprint density at radius 3 is 2.47 bits per heavy atom. The molecule has 7 unspecified atom stereocenters. The van der Waals surface area contributed by atoms with E-state index in [1.807, 2.05) is 14.1 Å². The summed E-state index contributed by atoms with van der Waals surface area (Å²) in [4.78, 5) is 12.7. The quantitative estimate of drug-likeness (QED) is 0.123. The summed E-state index contributed by atoms with van der Waals surface area (Å²) < 4.78 is 33.0. The van der Waals surface area contributed by atoms with Gasteiger partial charge in [-0.1, -0.05) is 20.8 Å². The zero-order valence-corrected chi connectivity index (χ0v) is 27.7. The fourth-order valence-electron chi connectivity index (χ4n) is 10.7.